The van der Waals surface area contributed by atoms with Crippen molar-refractivity contribution in [1.82, 2.24) is 20.4 Å². The summed E-state index contributed by atoms with van der Waals surface area (Å²) in [6, 6.07) is 12.8. The number of carbonyl (C=O) groups excluding carboxylic acids is 1. The Morgan fingerprint density at radius 2 is 2.13 bits per heavy atom. The van der Waals surface area contributed by atoms with Crippen molar-refractivity contribution in [2.24, 2.45) is 0 Å². The van der Waals surface area contributed by atoms with Gasteiger partial charge in [0.2, 0.25) is 0 Å². The van der Waals surface area contributed by atoms with E-state index in [-0.39, 0.29) is 11.9 Å². The predicted molar refractivity (Wildman–Crippen MR) is 88.4 cm³/mol. The summed E-state index contributed by atoms with van der Waals surface area (Å²) in [6.45, 7) is 2.01. The molecule has 2 aromatic rings. The summed E-state index contributed by atoms with van der Waals surface area (Å²) in [5.74, 6) is 0.390. The number of hydrogen-bond donors (Lipinski definition) is 2. The van der Waals surface area contributed by atoms with Gasteiger partial charge in [-0.15, -0.1) is 0 Å². The number of nitrogens with one attached hydrogen (secondary N) is 2. The first-order chi connectivity index (χ1) is 11.3. The fourth-order valence-corrected chi connectivity index (χ4v) is 3.39. The molecule has 2 aliphatic rings. The molecular formula is C18H22N4O. The molecule has 120 valence electrons. The number of rotatable bonds is 4. The van der Waals surface area contributed by atoms with E-state index in [4.69, 9.17) is 0 Å². The maximum Gasteiger partial charge on any atom is 0.272 e. The molecule has 23 heavy (non-hydrogen) atoms. The quantitative estimate of drug-likeness (QED) is 0.909. The molecule has 1 aliphatic carbocycles. The van der Waals surface area contributed by atoms with E-state index in [1.54, 1.807) is 0 Å². The van der Waals surface area contributed by atoms with Gasteiger partial charge in [-0.2, -0.15) is 5.10 Å². The van der Waals surface area contributed by atoms with Crippen molar-refractivity contribution in [3.05, 3.63) is 53.9 Å². The fourth-order valence-electron chi connectivity index (χ4n) is 3.39. The molecule has 2 N–H and O–H groups in total. The van der Waals surface area contributed by atoms with Crippen molar-refractivity contribution in [3.63, 3.8) is 0 Å². The maximum absolute atomic E-state index is 12.4. The van der Waals surface area contributed by atoms with E-state index < -0.39 is 0 Å². The van der Waals surface area contributed by atoms with Gasteiger partial charge >= 0.3 is 0 Å². The average Bonchev–Trinajstić information content (AvgIpc) is 3.19. The molecule has 5 nitrogen and oxygen atoms in total. The Morgan fingerprint density at radius 3 is 2.91 bits per heavy atom. The van der Waals surface area contributed by atoms with E-state index in [0.29, 0.717) is 17.7 Å². The lowest BCUT2D eigenvalue weighted by Crippen LogP contribution is -2.32. The number of nitrogens with zero attached hydrogens (tertiary/aromatic N) is 2. The first-order valence-electron chi connectivity index (χ1n) is 8.43. The summed E-state index contributed by atoms with van der Waals surface area (Å²) in [5, 5.41) is 11.0. The third kappa shape index (κ3) is 3.15. The predicted octanol–water partition coefficient (Wildman–Crippen LogP) is 2.09. The first-order valence-corrected chi connectivity index (χ1v) is 8.43. The van der Waals surface area contributed by atoms with Crippen molar-refractivity contribution < 1.29 is 4.79 Å². The molecule has 1 amide bonds. The van der Waals surface area contributed by atoms with Crippen molar-refractivity contribution in [3.8, 4) is 0 Å². The summed E-state index contributed by atoms with van der Waals surface area (Å²) in [5.41, 5.74) is 1.82. The second kappa shape index (κ2) is 6.16. The van der Waals surface area contributed by atoms with Gasteiger partial charge in [0, 0.05) is 24.7 Å². The Balaban J connectivity index is 1.36. The topological polar surface area (TPSA) is 59.0 Å². The second-order valence-corrected chi connectivity index (χ2v) is 6.51. The van der Waals surface area contributed by atoms with Crippen LogP contribution in [-0.4, -0.2) is 34.8 Å². The highest BCUT2D eigenvalue weighted by atomic mass is 16.2. The van der Waals surface area contributed by atoms with E-state index in [0.717, 1.165) is 32.4 Å². The van der Waals surface area contributed by atoms with E-state index in [1.165, 1.54) is 5.56 Å². The summed E-state index contributed by atoms with van der Waals surface area (Å²) in [6.07, 6.45) is 5.22. The van der Waals surface area contributed by atoms with Crippen LogP contribution < -0.4 is 10.6 Å². The lowest BCUT2D eigenvalue weighted by Gasteiger charge is -2.22. The van der Waals surface area contributed by atoms with E-state index in [2.05, 4.69) is 27.9 Å². The van der Waals surface area contributed by atoms with Crippen LogP contribution in [0.15, 0.2) is 42.6 Å². The second-order valence-electron chi connectivity index (χ2n) is 6.51. The van der Waals surface area contributed by atoms with E-state index in [9.17, 15) is 4.79 Å². The van der Waals surface area contributed by atoms with E-state index >= 15 is 0 Å². The van der Waals surface area contributed by atoms with Crippen molar-refractivity contribution in [2.75, 3.05) is 13.1 Å². The van der Waals surface area contributed by atoms with Gasteiger partial charge in [-0.1, -0.05) is 30.3 Å². The molecule has 0 radical (unpaired) electrons. The summed E-state index contributed by atoms with van der Waals surface area (Å²) in [7, 11) is 0. The molecule has 0 bridgehead atoms. The van der Waals surface area contributed by atoms with Crippen molar-refractivity contribution in [1.29, 1.82) is 0 Å². The van der Waals surface area contributed by atoms with Gasteiger partial charge in [-0.3, -0.25) is 9.48 Å². The summed E-state index contributed by atoms with van der Waals surface area (Å²) < 4.78 is 1.93. The SMILES string of the molecule is O=C(N[C@@H]1C[C@H]1c1ccccc1)c1ccn([C@H]2CCCNC2)n1. The number of amides is 1. The third-order valence-corrected chi connectivity index (χ3v) is 4.82. The van der Waals surface area contributed by atoms with Gasteiger partial charge in [0.05, 0.1) is 6.04 Å². The maximum atomic E-state index is 12.4. The highest BCUT2D eigenvalue weighted by molar-refractivity contribution is 5.92. The number of piperidine rings is 1. The minimum absolute atomic E-state index is 0.0593. The molecule has 3 atom stereocenters. The van der Waals surface area contributed by atoms with Gasteiger partial charge in [0.25, 0.3) is 5.91 Å². The normalized spacial score (nSPS) is 26.7. The van der Waals surface area contributed by atoms with Crippen molar-refractivity contribution >= 4 is 5.91 Å². The van der Waals surface area contributed by atoms with Gasteiger partial charge in [0.15, 0.2) is 0 Å². The zero-order chi connectivity index (χ0) is 15.6. The number of hydrogen-bond acceptors (Lipinski definition) is 3. The number of benzene rings is 1. The standard InChI is InChI=1S/C18H22N4O/c23-18(20-17-11-15(17)13-5-2-1-3-6-13)16-8-10-22(21-16)14-7-4-9-19-12-14/h1-3,5-6,8,10,14-15,17,19H,4,7,9,11-12H2,(H,20,23)/t14-,15-,17+/m0/s1. The Labute approximate surface area is 136 Å². The molecule has 5 heteroatoms. The molecule has 0 unspecified atom stereocenters. The van der Waals surface area contributed by atoms with Gasteiger partial charge in [-0.25, -0.2) is 0 Å². The molecular weight excluding hydrogens is 288 g/mol. The van der Waals surface area contributed by atoms with Crippen LogP contribution in [0.1, 0.15) is 47.3 Å². The molecule has 2 fully saturated rings. The summed E-state index contributed by atoms with van der Waals surface area (Å²) in [4.78, 5) is 12.4. The van der Waals surface area contributed by atoms with Gasteiger partial charge < -0.3 is 10.6 Å². The van der Waals surface area contributed by atoms with Gasteiger partial charge in [0.1, 0.15) is 5.69 Å². The highest BCUT2D eigenvalue weighted by Crippen LogP contribution is 2.40. The van der Waals surface area contributed by atoms with Crippen LogP contribution in [0.25, 0.3) is 0 Å². The van der Waals surface area contributed by atoms with Gasteiger partial charge in [-0.05, 0) is 37.4 Å². The number of carbonyl (C=O) groups is 1. The fraction of sp³-hybridized carbons (Fsp3) is 0.444. The third-order valence-electron chi connectivity index (χ3n) is 4.82. The molecule has 1 saturated heterocycles. The lowest BCUT2D eigenvalue weighted by atomic mass is 10.1. The van der Waals surface area contributed by atoms with Crippen LogP contribution >= 0.6 is 0 Å². The smallest absolute Gasteiger partial charge is 0.272 e. The molecule has 1 aromatic carbocycles. The molecule has 1 saturated carbocycles. The molecule has 2 heterocycles. The minimum atomic E-state index is -0.0593. The van der Waals surface area contributed by atoms with Crippen molar-refractivity contribution in [2.45, 2.75) is 37.3 Å². The lowest BCUT2D eigenvalue weighted by molar-refractivity contribution is 0.0944. The van der Waals surface area contributed by atoms with E-state index in [1.807, 2.05) is 35.1 Å². The molecule has 0 spiro atoms. The van der Waals surface area contributed by atoms with Crippen LogP contribution in [0.3, 0.4) is 0 Å². The zero-order valence-corrected chi connectivity index (χ0v) is 13.1. The Hall–Kier alpha value is -2.14. The first kappa shape index (κ1) is 14.5. The van der Waals surface area contributed by atoms with Crippen LogP contribution in [0.2, 0.25) is 0 Å². The zero-order valence-electron chi connectivity index (χ0n) is 13.1. The largest absolute Gasteiger partial charge is 0.347 e. The molecule has 1 aliphatic heterocycles. The Kier molecular flexibility index (Phi) is 3.87. The molecule has 1 aromatic heterocycles. The summed E-state index contributed by atoms with van der Waals surface area (Å²) >= 11 is 0. The van der Waals surface area contributed by atoms with Crippen LogP contribution in [0, 0.1) is 0 Å². The minimum Gasteiger partial charge on any atom is -0.347 e. The monoisotopic (exact) mass is 310 g/mol. The Bertz CT molecular complexity index is 675. The van der Waals surface area contributed by atoms with Crippen LogP contribution in [0.5, 0.6) is 0 Å². The number of aromatic nitrogens is 2. The Morgan fingerprint density at radius 1 is 1.26 bits per heavy atom. The molecule has 4 rings (SSSR count). The van der Waals surface area contributed by atoms with Crippen LogP contribution in [-0.2, 0) is 0 Å². The van der Waals surface area contributed by atoms with Crippen LogP contribution in [0.4, 0.5) is 0 Å². The average molecular weight is 310 g/mol. The highest BCUT2D eigenvalue weighted by Gasteiger charge is 2.39.